The molecule has 1 aliphatic rings. The lowest BCUT2D eigenvalue weighted by molar-refractivity contribution is 0.0219. The van der Waals surface area contributed by atoms with Gasteiger partial charge in [0.05, 0.1) is 17.2 Å². The van der Waals surface area contributed by atoms with Crippen LogP contribution in [0, 0.1) is 0 Å². The molecule has 24 heavy (non-hydrogen) atoms. The zero-order valence-electron chi connectivity index (χ0n) is 14.4. The van der Waals surface area contributed by atoms with E-state index in [-0.39, 0.29) is 6.09 Å². The van der Waals surface area contributed by atoms with E-state index in [2.05, 4.69) is 9.97 Å². The Hall–Kier alpha value is -1.82. The van der Waals surface area contributed by atoms with Gasteiger partial charge in [-0.05, 0) is 45.7 Å². The van der Waals surface area contributed by atoms with Crippen molar-refractivity contribution >= 4 is 28.9 Å². The Labute approximate surface area is 146 Å². The summed E-state index contributed by atoms with van der Waals surface area (Å²) in [4.78, 5) is 23.0. The molecule has 2 heterocycles. The van der Waals surface area contributed by atoms with Gasteiger partial charge in [-0.2, -0.15) is 0 Å². The fraction of sp³-hybridized carbons (Fsp3) is 0.500. The largest absolute Gasteiger partial charge is 0.444 e. The quantitative estimate of drug-likeness (QED) is 0.819. The maximum absolute atomic E-state index is 12.1. The third-order valence-corrected chi connectivity index (χ3v) is 5.05. The minimum atomic E-state index is -0.441. The number of carbonyl (C=O) groups excluding carboxylic acids is 1. The van der Waals surface area contributed by atoms with Crippen molar-refractivity contribution in [2.75, 3.05) is 13.1 Å². The van der Waals surface area contributed by atoms with Crippen LogP contribution in [0.4, 0.5) is 4.79 Å². The summed E-state index contributed by atoms with van der Waals surface area (Å²) in [6, 6.07) is 7.90. The minimum absolute atomic E-state index is 0.212. The normalized spacial score (nSPS) is 16.4. The summed E-state index contributed by atoms with van der Waals surface area (Å²) >= 11 is 1.75. The van der Waals surface area contributed by atoms with Crippen molar-refractivity contribution in [3.63, 3.8) is 0 Å². The topological polar surface area (TPSA) is 55.3 Å². The smallest absolute Gasteiger partial charge is 0.410 e. The minimum Gasteiger partial charge on any atom is -0.444 e. The van der Waals surface area contributed by atoms with Gasteiger partial charge >= 0.3 is 6.09 Å². The number of rotatable bonds is 2. The van der Waals surface area contributed by atoms with Gasteiger partial charge in [0, 0.05) is 18.3 Å². The molecule has 128 valence electrons. The SMILES string of the molecule is CC(C)(C)OC(=O)N1CCC(Sc2cnc3ccccc3n2)CC1. The van der Waals surface area contributed by atoms with E-state index in [0.717, 1.165) is 42.0 Å². The molecule has 0 radical (unpaired) electrons. The molecule has 0 spiro atoms. The second-order valence-electron chi connectivity index (χ2n) is 6.98. The molecule has 0 bridgehead atoms. The highest BCUT2D eigenvalue weighted by Crippen LogP contribution is 2.30. The van der Waals surface area contributed by atoms with Crippen molar-refractivity contribution in [3.8, 4) is 0 Å². The molecule has 1 amide bonds. The molecule has 2 aromatic rings. The van der Waals surface area contributed by atoms with Crippen LogP contribution in [-0.2, 0) is 4.74 Å². The third-order valence-electron chi connectivity index (χ3n) is 3.81. The van der Waals surface area contributed by atoms with E-state index >= 15 is 0 Å². The lowest BCUT2D eigenvalue weighted by Crippen LogP contribution is -2.42. The zero-order valence-corrected chi connectivity index (χ0v) is 15.2. The number of fused-ring (bicyclic) bond motifs is 1. The molecule has 1 aliphatic heterocycles. The molecule has 0 atom stereocenters. The first-order valence-corrected chi connectivity index (χ1v) is 9.15. The first-order valence-electron chi connectivity index (χ1n) is 8.27. The van der Waals surface area contributed by atoms with Crippen LogP contribution in [-0.4, -0.2) is 44.9 Å². The Kier molecular flexibility index (Phi) is 4.94. The number of thioether (sulfide) groups is 1. The van der Waals surface area contributed by atoms with E-state index in [9.17, 15) is 4.79 Å². The van der Waals surface area contributed by atoms with Gasteiger partial charge in [0.25, 0.3) is 0 Å². The van der Waals surface area contributed by atoms with Crippen LogP contribution in [0.15, 0.2) is 35.5 Å². The summed E-state index contributed by atoms with van der Waals surface area (Å²) in [7, 11) is 0. The maximum atomic E-state index is 12.1. The van der Waals surface area contributed by atoms with E-state index < -0.39 is 5.60 Å². The lowest BCUT2D eigenvalue weighted by Gasteiger charge is -2.33. The molecule has 1 aromatic carbocycles. The van der Waals surface area contributed by atoms with Gasteiger partial charge in [0.2, 0.25) is 0 Å². The summed E-state index contributed by atoms with van der Waals surface area (Å²) in [5.41, 5.74) is 1.40. The zero-order chi connectivity index (χ0) is 17.2. The predicted molar refractivity (Wildman–Crippen MR) is 96.2 cm³/mol. The first-order chi connectivity index (χ1) is 11.4. The molecule has 3 rings (SSSR count). The second-order valence-corrected chi connectivity index (χ2v) is 8.30. The van der Waals surface area contributed by atoms with Gasteiger partial charge in [-0.15, -0.1) is 11.8 Å². The summed E-state index contributed by atoms with van der Waals surface area (Å²) in [5.74, 6) is 0. The first kappa shape index (κ1) is 17.0. The highest BCUT2D eigenvalue weighted by Gasteiger charge is 2.27. The number of para-hydroxylation sites is 2. The Morgan fingerprint density at radius 2 is 1.88 bits per heavy atom. The van der Waals surface area contributed by atoms with Crippen molar-refractivity contribution in [1.29, 1.82) is 0 Å². The Bertz CT molecular complexity index is 722. The van der Waals surface area contributed by atoms with E-state index in [0.29, 0.717) is 5.25 Å². The molecule has 0 unspecified atom stereocenters. The van der Waals surface area contributed by atoms with E-state index in [4.69, 9.17) is 4.74 Å². The molecule has 1 saturated heterocycles. The molecule has 6 heteroatoms. The number of benzene rings is 1. The van der Waals surface area contributed by atoms with Crippen LogP contribution in [0.1, 0.15) is 33.6 Å². The Morgan fingerprint density at radius 3 is 2.54 bits per heavy atom. The van der Waals surface area contributed by atoms with Crippen LogP contribution >= 0.6 is 11.8 Å². The molecular formula is C18H23N3O2S. The molecule has 0 N–H and O–H groups in total. The maximum Gasteiger partial charge on any atom is 0.410 e. The van der Waals surface area contributed by atoms with E-state index in [1.807, 2.05) is 51.2 Å². The monoisotopic (exact) mass is 345 g/mol. The number of piperidine rings is 1. The third kappa shape index (κ3) is 4.38. The number of likely N-dealkylation sites (tertiary alicyclic amines) is 1. The van der Waals surface area contributed by atoms with Crippen LogP contribution in [0.2, 0.25) is 0 Å². The van der Waals surface area contributed by atoms with Crippen molar-refractivity contribution in [2.24, 2.45) is 0 Å². The molecular weight excluding hydrogens is 322 g/mol. The average Bonchev–Trinajstić information content (AvgIpc) is 2.54. The standard InChI is InChI=1S/C18H23N3O2S/c1-18(2,3)23-17(22)21-10-8-13(9-11-21)24-16-12-19-14-6-4-5-7-15(14)20-16/h4-7,12-13H,8-11H2,1-3H3. The summed E-state index contributed by atoms with van der Waals surface area (Å²) in [6.07, 6.45) is 3.51. The van der Waals surface area contributed by atoms with Gasteiger partial charge in [0.1, 0.15) is 10.6 Å². The number of nitrogens with zero attached hydrogens (tertiary/aromatic N) is 3. The van der Waals surface area contributed by atoms with Gasteiger partial charge in [-0.25, -0.2) is 9.78 Å². The van der Waals surface area contributed by atoms with Crippen molar-refractivity contribution in [3.05, 3.63) is 30.5 Å². The number of carbonyl (C=O) groups is 1. The van der Waals surface area contributed by atoms with E-state index in [1.165, 1.54) is 0 Å². The lowest BCUT2D eigenvalue weighted by atomic mass is 10.1. The van der Waals surface area contributed by atoms with Gasteiger partial charge in [-0.1, -0.05) is 12.1 Å². The highest BCUT2D eigenvalue weighted by molar-refractivity contribution is 7.99. The second kappa shape index (κ2) is 6.97. The Morgan fingerprint density at radius 1 is 1.21 bits per heavy atom. The van der Waals surface area contributed by atoms with Gasteiger partial charge in [0.15, 0.2) is 0 Å². The van der Waals surface area contributed by atoms with Crippen LogP contribution in [0.25, 0.3) is 11.0 Å². The van der Waals surface area contributed by atoms with Gasteiger partial charge in [-0.3, -0.25) is 4.98 Å². The van der Waals surface area contributed by atoms with Crippen molar-refractivity contribution < 1.29 is 9.53 Å². The Balaban J connectivity index is 1.55. The van der Waals surface area contributed by atoms with Crippen molar-refractivity contribution in [2.45, 2.75) is 49.5 Å². The number of hydrogen-bond acceptors (Lipinski definition) is 5. The average molecular weight is 345 g/mol. The highest BCUT2D eigenvalue weighted by atomic mass is 32.2. The molecule has 0 aliphatic carbocycles. The number of aromatic nitrogens is 2. The number of amides is 1. The fourth-order valence-electron chi connectivity index (χ4n) is 2.65. The van der Waals surface area contributed by atoms with Crippen LogP contribution in [0.3, 0.4) is 0 Å². The molecule has 1 fully saturated rings. The number of hydrogen-bond donors (Lipinski definition) is 0. The fourth-order valence-corrected chi connectivity index (χ4v) is 3.70. The van der Waals surface area contributed by atoms with Gasteiger partial charge < -0.3 is 9.64 Å². The molecule has 1 aromatic heterocycles. The van der Waals surface area contributed by atoms with Crippen molar-refractivity contribution in [1.82, 2.24) is 14.9 Å². The molecule has 0 saturated carbocycles. The summed E-state index contributed by atoms with van der Waals surface area (Å²) in [6.45, 7) is 7.14. The van der Waals surface area contributed by atoms with E-state index in [1.54, 1.807) is 16.7 Å². The number of ether oxygens (including phenoxy) is 1. The predicted octanol–water partition coefficient (Wildman–Crippen LogP) is 4.12. The summed E-state index contributed by atoms with van der Waals surface area (Å²) in [5, 5.41) is 1.41. The molecule has 5 nitrogen and oxygen atoms in total. The summed E-state index contributed by atoms with van der Waals surface area (Å²) < 4.78 is 5.44. The van der Waals surface area contributed by atoms with Crippen LogP contribution < -0.4 is 0 Å². The van der Waals surface area contributed by atoms with Crippen LogP contribution in [0.5, 0.6) is 0 Å².